The molecule has 1 aromatic carbocycles. The van der Waals surface area contributed by atoms with Crippen molar-refractivity contribution in [1.82, 2.24) is 10.2 Å². The summed E-state index contributed by atoms with van der Waals surface area (Å²) in [6.07, 6.45) is 5.17. The molecule has 3 aliphatic rings. The molecule has 0 bridgehead atoms. The number of nitro groups is 1. The highest BCUT2D eigenvalue weighted by molar-refractivity contribution is 5.51. The maximum Gasteiger partial charge on any atom is 0.269 e. The van der Waals surface area contributed by atoms with Crippen LogP contribution >= 0.6 is 0 Å². The normalized spacial score (nSPS) is 24.2. The Morgan fingerprint density at radius 2 is 1.72 bits per heavy atom. The highest BCUT2D eigenvalue weighted by Crippen LogP contribution is 2.35. The van der Waals surface area contributed by atoms with E-state index in [0.29, 0.717) is 5.41 Å². The van der Waals surface area contributed by atoms with Gasteiger partial charge in [-0.3, -0.25) is 10.1 Å². The molecule has 136 valence electrons. The summed E-state index contributed by atoms with van der Waals surface area (Å²) in [5.41, 5.74) is 1.92. The Morgan fingerprint density at radius 1 is 1.08 bits per heavy atom. The van der Waals surface area contributed by atoms with Gasteiger partial charge in [-0.05, 0) is 62.2 Å². The lowest BCUT2D eigenvalue weighted by atomic mass is 9.73. The number of benzene rings is 1. The standard InChI is InChI=1S/C19H28N4O2/c24-23(25)18-3-1-17(2-4-18)22-9-5-16(6-10-22)13-21-11-7-19(8-12-21)14-20-15-19/h1-4,16,20H,5-15H2. The van der Waals surface area contributed by atoms with E-state index in [1.54, 1.807) is 12.1 Å². The molecule has 3 heterocycles. The second kappa shape index (κ2) is 6.92. The van der Waals surface area contributed by atoms with Gasteiger partial charge in [-0.2, -0.15) is 0 Å². The predicted molar refractivity (Wildman–Crippen MR) is 99.0 cm³/mol. The highest BCUT2D eigenvalue weighted by atomic mass is 16.6. The number of hydrogen-bond acceptors (Lipinski definition) is 5. The summed E-state index contributed by atoms with van der Waals surface area (Å²) >= 11 is 0. The first-order chi connectivity index (χ1) is 12.1. The quantitative estimate of drug-likeness (QED) is 0.672. The Hall–Kier alpha value is -1.66. The van der Waals surface area contributed by atoms with Crippen molar-refractivity contribution in [1.29, 1.82) is 0 Å². The Kier molecular flexibility index (Phi) is 4.65. The third-order valence-electron chi connectivity index (χ3n) is 6.47. The van der Waals surface area contributed by atoms with Crippen molar-refractivity contribution < 1.29 is 4.92 Å². The average Bonchev–Trinajstić information content (AvgIpc) is 2.62. The van der Waals surface area contributed by atoms with E-state index in [9.17, 15) is 10.1 Å². The third-order valence-corrected chi connectivity index (χ3v) is 6.47. The maximum atomic E-state index is 10.8. The van der Waals surface area contributed by atoms with Gasteiger partial charge in [0, 0.05) is 50.5 Å². The molecule has 6 nitrogen and oxygen atoms in total. The summed E-state index contributed by atoms with van der Waals surface area (Å²) in [5, 5.41) is 14.2. The van der Waals surface area contributed by atoms with Crippen LogP contribution in [0.3, 0.4) is 0 Å². The van der Waals surface area contributed by atoms with Gasteiger partial charge >= 0.3 is 0 Å². The van der Waals surface area contributed by atoms with Crippen molar-refractivity contribution in [3.63, 3.8) is 0 Å². The molecule has 1 N–H and O–H groups in total. The van der Waals surface area contributed by atoms with E-state index in [1.165, 1.54) is 58.4 Å². The molecule has 4 rings (SSSR count). The molecule has 0 aliphatic carbocycles. The molecular formula is C19H28N4O2. The zero-order valence-corrected chi connectivity index (χ0v) is 14.8. The molecule has 0 aromatic heterocycles. The largest absolute Gasteiger partial charge is 0.372 e. The molecule has 25 heavy (non-hydrogen) atoms. The first-order valence-corrected chi connectivity index (χ1v) is 9.56. The van der Waals surface area contributed by atoms with Crippen LogP contribution in [0.5, 0.6) is 0 Å². The number of anilines is 1. The molecule has 3 fully saturated rings. The number of likely N-dealkylation sites (tertiary alicyclic amines) is 1. The van der Waals surface area contributed by atoms with Crippen LogP contribution in [0.15, 0.2) is 24.3 Å². The highest BCUT2D eigenvalue weighted by Gasteiger charge is 2.39. The van der Waals surface area contributed by atoms with Crippen LogP contribution in [0.4, 0.5) is 11.4 Å². The summed E-state index contributed by atoms with van der Waals surface area (Å²) in [6, 6.07) is 6.99. The second-order valence-electron chi connectivity index (χ2n) is 8.11. The summed E-state index contributed by atoms with van der Waals surface area (Å²) in [5.74, 6) is 0.794. The van der Waals surface area contributed by atoms with E-state index >= 15 is 0 Å². The molecule has 1 aromatic rings. The van der Waals surface area contributed by atoms with Gasteiger partial charge in [0.25, 0.3) is 5.69 Å². The van der Waals surface area contributed by atoms with Gasteiger partial charge < -0.3 is 15.1 Å². The van der Waals surface area contributed by atoms with E-state index in [-0.39, 0.29) is 10.6 Å². The second-order valence-corrected chi connectivity index (χ2v) is 8.11. The SMILES string of the molecule is O=[N+]([O-])c1ccc(N2CCC(CN3CCC4(CC3)CNC4)CC2)cc1. The van der Waals surface area contributed by atoms with Gasteiger partial charge in [-0.15, -0.1) is 0 Å². The van der Waals surface area contributed by atoms with Gasteiger partial charge in [0.05, 0.1) is 4.92 Å². The summed E-state index contributed by atoms with van der Waals surface area (Å²) in [7, 11) is 0. The molecule has 1 spiro atoms. The third kappa shape index (κ3) is 3.65. The molecule has 3 aliphatic heterocycles. The van der Waals surface area contributed by atoms with Gasteiger partial charge in [0.15, 0.2) is 0 Å². The minimum atomic E-state index is -0.335. The van der Waals surface area contributed by atoms with Crippen molar-refractivity contribution in [3.05, 3.63) is 34.4 Å². The Labute approximate surface area is 149 Å². The number of piperidine rings is 2. The number of non-ortho nitro benzene ring substituents is 1. The van der Waals surface area contributed by atoms with Crippen LogP contribution < -0.4 is 10.2 Å². The van der Waals surface area contributed by atoms with Crippen molar-refractivity contribution in [2.45, 2.75) is 25.7 Å². The molecule has 0 atom stereocenters. The summed E-state index contributed by atoms with van der Waals surface area (Å²) in [6.45, 7) is 8.36. The fraction of sp³-hybridized carbons (Fsp3) is 0.684. The van der Waals surface area contributed by atoms with Crippen LogP contribution in [0, 0.1) is 21.4 Å². The van der Waals surface area contributed by atoms with Crippen LogP contribution in [-0.4, -0.2) is 55.6 Å². The number of nitrogens with zero attached hydrogens (tertiary/aromatic N) is 3. The maximum absolute atomic E-state index is 10.8. The summed E-state index contributed by atoms with van der Waals surface area (Å²) < 4.78 is 0. The molecule has 0 radical (unpaired) electrons. The topological polar surface area (TPSA) is 61.7 Å². The lowest BCUT2D eigenvalue weighted by Gasteiger charge is -2.49. The van der Waals surface area contributed by atoms with E-state index in [1.807, 2.05) is 12.1 Å². The Morgan fingerprint density at radius 3 is 2.24 bits per heavy atom. The zero-order chi connectivity index (χ0) is 17.3. The van der Waals surface area contributed by atoms with Crippen molar-refractivity contribution in [3.8, 4) is 0 Å². The fourth-order valence-corrected chi connectivity index (χ4v) is 4.57. The van der Waals surface area contributed by atoms with Gasteiger partial charge in [-0.1, -0.05) is 0 Å². The lowest BCUT2D eigenvalue weighted by Crippen LogP contribution is -2.58. The zero-order valence-electron chi connectivity index (χ0n) is 14.8. The van der Waals surface area contributed by atoms with E-state index < -0.39 is 0 Å². The number of hydrogen-bond donors (Lipinski definition) is 1. The van der Waals surface area contributed by atoms with E-state index in [0.717, 1.165) is 24.7 Å². The average molecular weight is 344 g/mol. The van der Waals surface area contributed by atoms with Crippen LogP contribution in [-0.2, 0) is 0 Å². The minimum Gasteiger partial charge on any atom is -0.372 e. The van der Waals surface area contributed by atoms with Crippen molar-refractivity contribution >= 4 is 11.4 Å². The number of nitrogens with one attached hydrogen (secondary N) is 1. The predicted octanol–water partition coefficient (Wildman–Crippen LogP) is 2.50. The van der Waals surface area contributed by atoms with E-state index in [4.69, 9.17) is 0 Å². The monoisotopic (exact) mass is 344 g/mol. The lowest BCUT2D eigenvalue weighted by molar-refractivity contribution is -0.384. The molecule has 6 heteroatoms. The first kappa shape index (κ1) is 16.8. The molecule has 3 saturated heterocycles. The first-order valence-electron chi connectivity index (χ1n) is 9.56. The van der Waals surface area contributed by atoms with Gasteiger partial charge in [-0.25, -0.2) is 0 Å². The Balaban J connectivity index is 1.23. The van der Waals surface area contributed by atoms with Crippen LogP contribution in [0.25, 0.3) is 0 Å². The van der Waals surface area contributed by atoms with Crippen LogP contribution in [0.1, 0.15) is 25.7 Å². The molecule has 0 saturated carbocycles. The fourth-order valence-electron chi connectivity index (χ4n) is 4.57. The molecular weight excluding hydrogens is 316 g/mol. The summed E-state index contributed by atoms with van der Waals surface area (Å²) in [4.78, 5) is 15.5. The number of rotatable bonds is 4. The van der Waals surface area contributed by atoms with E-state index in [2.05, 4.69) is 15.1 Å². The molecule has 0 amide bonds. The van der Waals surface area contributed by atoms with Crippen molar-refractivity contribution in [2.24, 2.45) is 11.3 Å². The van der Waals surface area contributed by atoms with Crippen LogP contribution in [0.2, 0.25) is 0 Å². The van der Waals surface area contributed by atoms with Crippen molar-refractivity contribution in [2.75, 3.05) is 50.7 Å². The Bertz CT molecular complexity index is 596. The minimum absolute atomic E-state index is 0.170. The smallest absolute Gasteiger partial charge is 0.269 e. The van der Waals surface area contributed by atoms with Gasteiger partial charge in [0.2, 0.25) is 0 Å². The van der Waals surface area contributed by atoms with Gasteiger partial charge in [0.1, 0.15) is 0 Å². The number of nitro benzene ring substituents is 1. The molecule has 0 unspecified atom stereocenters.